The quantitative estimate of drug-likeness (QED) is 0.281. The van der Waals surface area contributed by atoms with Gasteiger partial charge in [-0.3, -0.25) is 13.9 Å². The Morgan fingerprint density at radius 2 is 1.61 bits per heavy atom. The van der Waals surface area contributed by atoms with Crippen LogP contribution in [0.1, 0.15) is 45.1 Å². The Balaban J connectivity index is 1.67. The first-order valence-electron chi connectivity index (χ1n) is 13.8. The molecule has 0 saturated heterocycles. The fraction of sp³-hybridized carbons (Fsp3) is 0.355. The van der Waals surface area contributed by atoms with Gasteiger partial charge in [0.25, 0.3) is 10.0 Å². The molecule has 10 heteroatoms. The zero-order valence-electron chi connectivity index (χ0n) is 23.3. The molecule has 1 saturated carbocycles. The van der Waals surface area contributed by atoms with Gasteiger partial charge in [-0.25, -0.2) is 8.42 Å². The van der Waals surface area contributed by atoms with E-state index in [9.17, 15) is 18.0 Å². The Morgan fingerprint density at radius 1 is 0.976 bits per heavy atom. The van der Waals surface area contributed by atoms with Crippen molar-refractivity contribution in [2.75, 3.05) is 17.5 Å². The van der Waals surface area contributed by atoms with Gasteiger partial charge in [0.15, 0.2) is 0 Å². The number of nitrogens with one attached hydrogen (secondary N) is 1. The lowest BCUT2D eigenvalue weighted by Gasteiger charge is -2.32. The lowest BCUT2D eigenvalue weighted by molar-refractivity contribution is -0.139. The van der Waals surface area contributed by atoms with Crippen molar-refractivity contribution in [3.63, 3.8) is 0 Å². The van der Waals surface area contributed by atoms with Crippen LogP contribution in [-0.4, -0.2) is 50.4 Å². The average molecular weight is 643 g/mol. The third-order valence-electron chi connectivity index (χ3n) is 7.18. The molecule has 0 heterocycles. The first-order valence-corrected chi connectivity index (χ1v) is 16.1. The van der Waals surface area contributed by atoms with E-state index in [4.69, 9.17) is 4.74 Å². The summed E-state index contributed by atoms with van der Waals surface area (Å²) in [6.45, 7) is 3.69. The van der Waals surface area contributed by atoms with Crippen LogP contribution >= 0.6 is 15.9 Å². The van der Waals surface area contributed by atoms with Gasteiger partial charge in [-0.05, 0) is 80.8 Å². The maximum absolute atomic E-state index is 14.0. The maximum atomic E-state index is 14.0. The molecule has 1 aliphatic rings. The highest BCUT2D eigenvalue weighted by atomic mass is 79.9. The molecule has 3 aromatic carbocycles. The molecular formula is C31H36BrN3O5S. The SMILES string of the molecule is CCOc1ccc(N(CC(=O)N(Cc2ccccc2)C(C)C(=O)NC2CCCC2)S(=O)(=O)c2ccc(Br)cc2)cc1. The van der Waals surface area contributed by atoms with E-state index >= 15 is 0 Å². The largest absolute Gasteiger partial charge is 0.494 e. The number of carbonyl (C=O) groups is 2. The maximum Gasteiger partial charge on any atom is 0.264 e. The molecule has 0 aromatic heterocycles. The van der Waals surface area contributed by atoms with Gasteiger partial charge in [0.05, 0.1) is 17.2 Å². The van der Waals surface area contributed by atoms with E-state index in [0.29, 0.717) is 18.0 Å². The van der Waals surface area contributed by atoms with Crippen LogP contribution in [0.2, 0.25) is 0 Å². The average Bonchev–Trinajstić information content (AvgIpc) is 3.48. The molecule has 0 radical (unpaired) electrons. The van der Waals surface area contributed by atoms with E-state index in [1.54, 1.807) is 43.3 Å². The molecule has 0 spiro atoms. The summed E-state index contributed by atoms with van der Waals surface area (Å²) in [7, 11) is -4.14. The van der Waals surface area contributed by atoms with Crippen LogP contribution in [-0.2, 0) is 26.2 Å². The smallest absolute Gasteiger partial charge is 0.264 e. The highest BCUT2D eigenvalue weighted by molar-refractivity contribution is 9.10. The Hall–Kier alpha value is -3.37. The first-order chi connectivity index (χ1) is 19.7. The summed E-state index contributed by atoms with van der Waals surface area (Å²) in [4.78, 5) is 28.8. The van der Waals surface area contributed by atoms with Crippen LogP contribution in [0.4, 0.5) is 5.69 Å². The number of carbonyl (C=O) groups excluding carboxylic acids is 2. The first kappa shape index (κ1) is 30.6. The van der Waals surface area contributed by atoms with Crippen molar-refractivity contribution < 1.29 is 22.7 Å². The standard InChI is InChI=1S/C31H36BrN3O5S/c1-3-40-28-17-15-27(16-18-28)35(41(38,39)29-19-13-25(32)14-20-29)22-30(36)34(21-24-9-5-4-6-10-24)23(2)31(37)33-26-11-7-8-12-26/h4-6,9-10,13-20,23,26H,3,7-8,11-12,21-22H2,1-2H3,(H,33,37). The number of hydrogen-bond donors (Lipinski definition) is 1. The molecule has 8 nitrogen and oxygen atoms in total. The summed E-state index contributed by atoms with van der Waals surface area (Å²) in [6.07, 6.45) is 3.97. The number of nitrogens with zero attached hydrogens (tertiary/aromatic N) is 2. The summed E-state index contributed by atoms with van der Waals surface area (Å²) >= 11 is 3.35. The summed E-state index contributed by atoms with van der Waals surface area (Å²) in [5, 5.41) is 3.08. The van der Waals surface area contributed by atoms with E-state index < -0.39 is 28.5 Å². The van der Waals surface area contributed by atoms with Crippen molar-refractivity contribution >= 4 is 43.5 Å². The lowest BCUT2D eigenvalue weighted by Crippen LogP contribution is -2.52. The van der Waals surface area contributed by atoms with Gasteiger partial charge in [-0.1, -0.05) is 59.1 Å². The van der Waals surface area contributed by atoms with E-state index in [-0.39, 0.29) is 23.4 Å². The zero-order chi connectivity index (χ0) is 29.4. The molecule has 4 rings (SSSR count). The predicted molar refractivity (Wildman–Crippen MR) is 163 cm³/mol. The lowest BCUT2D eigenvalue weighted by atomic mass is 10.1. The van der Waals surface area contributed by atoms with E-state index in [2.05, 4.69) is 21.2 Å². The van der Waals surface area contributed by atoms with Gasteiger partial charge in [0.1, 0.15) is 18.3 Å². The van der Waals surface area contributed by atoms with Crippen LogP contribution in [0.3, 0.4) is 0 Å². The monoisotopic (exact) mass is 641 g/mol. The van der Waals surface area contributed by atoms with Crippen LogP contribution in [0.15, 0.2) is 88.2 Å². The van der Waals surface area contributed by atoms with Crippen LogP contribution < -0.4 is 14.4 Å². The number of anilines is 1. The van der Waals surface area contributed by atoms with Gasteiger partial charge < -0.3 is 15.0 Å². The van der Waals surface area contributed by atoms with E-state index in [1.807, 2.05) is 37.3 Å². The number of benzene rings is 3. The van der Waals surface area contributed by atoms with Crippen molar-refractivity contribution in [2.24, 2.45) is 0 Å². The zero-order valence-corrected chi connectivity index (χ0v) is 25.7. The summed E-state index contributed by atoms with van der Waals surface area (Å²) < 4.78 is 35.2. The Bertz CT molecular complexity index is 1410. The van der Waals surface area contributed by atoms with E-state index in [1.165, 1.54) is 17.0 Å². The number of halogens is 1. The molecule has 0 aliphatic heterocycles. The minimum absolute atomic E-state index is 0.0454. The number of rotatable bonds is 12. The van der Waals surface area contributed by atoms with E-state index in [0.717, 1.165) is 40.0 Å². The summed E-state index contributed by atoms with van der Waals surface area (Å²) in [5.41, 5.74) is 1.15. The van der Waals surface area contributed by atoms with Crippen LogP contribution in [0.25, 0.3) is 0 Å². The fourth-order valence-corrected chi connectivity index (χ4v) is 6.57. The summed E-state index contributed by atoms with van der Waals surface area (Å²) in [6, 6.07) is 21.5. The van der Waals surface area contributed by atoms with Crippen molar-refractivity contribution in [1.82, 2.24) is 10.2 Å². The summed E-state index contributed by atoms with van der Waals surface area (Å²) in [5.74, 6) is -0.145. The normalized spacial score (nSPS) is 14.3. The number of ether oxygens (including phenoxy) is 1. The molecule has 3 aromatic rings. The number of hydrogen-bond acceptors (Lipinski definition) is 5. The molecule has 41 heavy (non-hydrogen) atoms. The number of sulfonamides is 1. The second-order valence-electron chi connectivity index (χ2n) is 10.1. The Morgan fingerprint density at radius 3 is 2.22 bits per heavy atom. The van der Waals surface area contributed by atoms with Crippen molar-refractivity contribution in [3.8, 4) is 5.75 Å². The fourth-order valence-electron chi connectivity index (χ4n) is 4.89. The Labute approximate surface area is 250 Å². The van der Waals surface area contributed by atoms with Gasteiger partial charge >= 0.3 is 0 Å². The van der Waals surface area contributed by atoms with Gasteiger partial charge in [-0.15, -0.1) is 0 Å². The Kier molecular flexibility index (Phi) is 10.4. The third-order valence-corrected chi connectivity index (χ3v) is 9.50. The molecule has 1 fully saturated rings. The van der Waals surface area contributed by atoms with Crippen molar-refractivity contribution in [3.05, 3.63) is 88.9 Å². The highest BCUT2D eigenvalue weighted by Gasteiger charge is 2.33. The minimum Gasteiger partial charge on any atom is -0.494 e. The molecule has 1 aliphatic carbocycles. The van der Waals surface area contributed by atoms with Gasteiger partial charge in [0, 0.05) is 17.1 Å². The van der Waals surface area contributed by atoms with Gasteiger partial charge in [-0.2, -0.15) is 0 Å². The molecule has 1 N–H and O–H groups in total. The van der Waals surface area contributed by atoms with Gasteiger partial charge in [0.2, 0.25) is 11.8 Å². The second-order valence-corrected chi connectivity index (χ2v) is 12.8. The molecule has 0 bridgehead atoms. The second kappa shape index (κ2) is 14.0. The predicted octanol–water partition coefficient (Wildman–Crippen LogP) is 5.52. The highest BCUT2D eigenvalue weighted by Crippen LogP contribution is 2.27. The van der Waals surface area contributed by atoms with Crippen LogP contribution in [0, 0.1) is 0 Å². The third kappa shape index (κ3) is 7.89. The topological polar surface area (TPSA) is 96.0 Å². The van der Waals surface area contributed by atoms with Crippen LogP contribution in [0.5, 0.6) is 5.75 Å². The number of amides is 2. The van der Waals surface area contributed by atoms with Crippen molar-refractivity contribution in [2.45, 2.75) is 63.1 Å². The van der Waals surface area contributed by atoms with Crippen molar-refractivity contribution in [1.29, 1.82) is 0 Å². The molecule has 1 unspecified atom stereocenters. The molecule has 2 amide bonds. The molecule has 1 atom stereocenters. The molecular weight excluding hydrogens is 606 g/mol. The molecule has 218 valence electrons. The minimum atomic E-state index is -4.14.